The molecule has 10 unspecified atom stereocenters. The maximum absolute atomic E-state index is 12.9. The van der Waals surface area contributed by atoms with Crippen molar-refractivity contribution in [3.05, 3.63) is 0 Å². The third kappa shape index (κ3) is 12.8. The second kappa shape index (κ2) is 25.5. The predicted octanol–water partition coefficient (Wildman–Crippen LogP) is -12.4. The van der Waals surface area contributed by atoms with Crippen LogP contribution in [0, 0.1) is 0 Å². The number of amides is 2. The van der Waals surface area contributed by atoms with Gasteiger partial charge in [0.25, 0.3) is 6.47 Å². The molecule has 0 aromatic rings. The summed E-state index contributed by atoms with van der Waals surface area (Å²) in [7, 11) is 0. The largest absolute Gasteiger partial charge is 0.410 e. The summed E-state index contributed by atoms with van der Waals surface area (Å²) in [4.78, 5) is 36.8. The van der Waals surface area contributed by atoms with E-state index in [9.17, 15) is 91.0 Å². The molecule has 5 aliphatic rings. The van der Waals surface area contributed by atoms with E-state index in [1.165, 1.54) is 0 Å². The number of aliphatic hydroxyl groups excluding tert-OH is 15. The number of carbonyl (C=O) groups is 3. The third-order valence-corrected chi connectivity index (χ3v) is 12.2. The average molecular weight is 1030 g/mol. The van der Waals surface area contributed by atoms with Crippen molar-refractivity contribution in [3.63, 3.8) is 0 Å². The van der Waals surface area contributed by atoms with E-state index in [0.717, 1.165) is 13.8 Å². The van der Waals surface area contributed by atoms with Crippen LogP contribution in [0.5, 0.6) is 0 Å². The summed E-state index contributed by atoms with van der Waals surface area (Å²) < 4.78 is 62.7. The molecular formula is C38H65N3O29. The fourth-order valence-corrected chi connectivity index (χ4v) is 8.69. The van der Waals surface area contributed by atoms with Crippen LogP contribution in [0.4, 0.5) is 0 Å². The summed E-state index contributed by atoms with van der Waals surface area (Å²) in [5, 5.41) is 166. The van der Waals surface area contributed by atoms with E-state index in [1.807, 2.05) is 0 Å². The molecule has 0 bridgehead atoms. The fraction of sp³-hybridized carbons (Fsp3) is 0.921. The number of nitrogens with two attached hydrogens (primary N) is 1. The first kappa shape index (κ1) is 58.3. The number of rotatable bonds is 21. The van der Waals surface area contributed by atoms with Gasteiger partial charge in [-0.3, -0.25) is 14.4 Å². The minimum absolute atomic E-state index is 0.263. The van der Waals surface area contributed by atoms with Crippen LogP contribution in [-0.2, 0) is 66.5 Å². The van der Waals surface area contributed by atoms with Gasteiger partial charge in [0, 0.05) is 13.8 Å². The molecule has 19 N–H and O–H groups in total. The van der Waals surface area contributed by atoms with Gasteiger partial charge >= 0.3 is 5.97 Å². The number of hydrogen-bond acceptors (Lipinski definition) is 30. The van der Waals surface area contributed by atoms with Crippen LogP contribution in [-0.4, -0.2) is 294 Å². The first-order valence-corrected chi connectivity index (χ1v) is 21.9. The molecule has 32 nitrogen and oxygen atoms in total. The molecule has 2 amide bonds. The Morgan fingerprint density at radius 2 is 1.11 bits per heavy atom. The summed E-state index contributed by atoms with van der Waals surface area (Å²) in [5.41, 5.74) is 5.55. The molecule has 5 fully saturated rings. The van der Waals surface area contributed by atoms with Crippen LogP contribution in [0.1, 0.15) is 20.3 Å². The predicted molar refractivity (Wildman–Crippen MR) is 214 cm³/mol. The highest BCUT2D eigenvalue weighted by molar-refractivity contribution is 5.73. The quantitative estimate of drug-likeness (QED) is 0.0375. The monoisotopic (exact) mass is 1030 g/mol. The topological polar surface area (TPSA) is 506 Å². The van der Waals surface area contributed by atoms with Crippen molar-refractivity contribution in [1.82, 2.24) is 10.6 Å². The molecule has 0 spiro atoms. The summed E-state index contributed by atoms with van der Waals surface area (Å²) in [5.74, 6) is -4.59. The molecule has 5 saturated heterocycles. The normalized spacial score (nSPS) is 45.5. The number of hydrogen-bond donors (Lipinski definition) is 18. The molecule has 5 heterocycles. The van der Waals surface area contributed by atoms with E-state index in [4.69, 9.17) is 57.8 Å². The van der Waals surface area contributed by atoms with Gasteiger partial charge in [0.15, 0.2) is 25.2 Å². The maximum atomic E-state index is 12.9. The minimum Gasteiger partial charge on any atom is -0.410 e. The van der Waals surface area contributed by atoms with Crippen molar-refractivity contribution >= 4 is 18.3 Å². The maximum Gasteiger partial charge on any atom is 0.332 e. The third-order valence-electron chi connectivity index (χ3n) is 12.2. The van der Waals surface area contributed by atoms with E-state index in [0.29, 0.717) is 0 Å². The van der Waals surface area contributed by atoms with Gasteiger partial charge in [0.1, 0.15) is 116 Å². The molecule has 0 aromatic carbocycles. The van der Waals surface area contributed by atoms with Crippen molar-refractivity contribution < 1.29 is 143 Å². The summed E-state index contributed by atoms with van der Waals surface area (Å²) in [6.07, 6.45) is -45.8. The van der Waals surface area contributed by atoms with Gasteiger partial charge in [-0.15, -0.1) is 0 Å². The Balaban J connectivity index is 1.50. The molecule has 5 rings (SSSR count). The summed E-state index contributed by atoms with van der Waals surface area (Å²) >= 11 is 0. The first-order valence-electron chi connectivity index (χ1n) is 21.9. The lowest BCUT2D eigenvalue weighted by Crippen LogP contribution is -2.71. The Kier molecular flexibility index (Phi) is 21.3. The Hall–Kier alpha value is -2.63. The number of carbonyl (C=O) groups excluding carboxylic acids is 3. The second-order valence-corrected chi connectivity index (χ2v) is 17.0. The van der Waals surface area contributed by atoms with E-state index in [1.54, 1.807) is 0 Å². The van der Waals surface area contributed by atoms with Gasteiger partial charge in [-0.2, -0.15) is 0 Å². The molecule has 26 atom stereocenters. The average Bonchev–Trinajstić information content (AvgIpc) is 3.32. The highest BCUT2D eigenvalue weighted by atomic mass is 16.9. The molecule has 0 radical (unpaired) electrons. The Bertz CT molecular complexity index is 1660. The zero-order valence-electron chi connectivity index (χ0n) is 37.5. The van der Waals surface area contributed by atoms with Gasteiger partial charge in [-0.25, -0.2) is 0 Å². The fourth-order valence-electron chi connectivity index (χ4n) is 8.69. The zero-order chi connectivity index (χ0) is 51.9. The second-order valence-electron chi connectivity index (χ2n) is 17.0. The standard InChI is InChI=1S/C38H65N3O29/c1-11(48)40-19-13(50)3-38(61-10-47,69-31(19)21(52)14(51)4-42)70-32-24(55)17(7-45)64-37(27(32)58)67-30-20(41-12(2)49)34(62-16(6-44)23(30)54)68-33-28(59)35(60-9-39)65-18(8-46)29(33)66-36-26(57)25(56)22(53)15(5-43)63-36/h10,13-37,42-46,50-59H,3-9,39H2,1-2H3,(H,40,48)(H,41,49)/t13-,14-,15?,16?,17?,18?,19?,20?,21-,22-,23-,24+,25+,26?,27?,28?,29+,30-,31?,32+,33-,34+,35-,36+,37+,38+/m1/s1. The van der Waals surface area contributed by atoms with Gasteiger partial charge in [0.05, 0.1) is 58.3 Å². The van der Waals surface area contributed by atoms with E-state index < -0.39 is 217 Å². The van der Waals surface area contributed by atoms with Gasteiger partial charge in [-0.05, 0) is 0 Å². The van der Waals surface area contributed by atoms with Crippen LogP contribution in [0.15, 0.2) is 0 Å². The van der Waals surface area contributed by atoms with Crippen LogP contribution in [0.25, 0.3) is 0 Å². The van der Waals surface area contributed by atoms with Crippen molar-refractivity contribution in [2.75, 3.05) is 39.8 Å². The number of ether oxygens (including phenoxy) is 11. The van der Waals surface area contributed by atoms with Gasteiger partial charge in [-0.1, -0.05) is 0 Å². The Morgan fingerprint density at radius 3 is 1.66 bits per heavy atom. The molecule has 5 aliphatic heterocycles. The van der Waals surface area contributed by atoms with Gasteiger partial charge in [0.2, 0.25) is 11.8 Å². The molecule has 32 heteroatoms. The van der Waals surface area contributed by atoms with Crippen LogP contribution >= 0.6 is 0 Å². The van der Waals surface area contributed by atoms with Crippen molar-refractivity contribution in [2.24, 2.45) is 5.73 Å². The van der Waals surface area contributed by atoms with Crippen molar-refractivity contribution in [1.29, 1.82) is 0 Å². The highest BCUT2D eigenvalue weighted by Crippen LogP contribution is 2.40. The SMILES string of the molecule is CC(=O)NC1C([C@H](O)[C@H](O)CO)O[C@](OC=O)(O[C@@H]2C(O)[C@H](O[C@@H]3C(NC(C)=O)[C@H](O[C@@H]4C(O)[C@H](OCN)OC(CO)[C@@H]4O[C@@H]4OC(CO)[C@@H](O)[C@H](O)C4O)OC(CO)[C@H]3O)OC(CO)[C@@H]2O)C[C@H]1O. The van der Waals surface area contributed by atoms with Crippen LogP contribution in [0.3, 0.4) is 0 Å². The summed E-state index contributed by atoms with van der Waals surface area (Å²) in [6.45, 7) is -3.90. The highest BCUT2D eigenvalue weighted by Gasteiger charge is 2.60. The van der Waals surface area contributed by atoms with Gasteiger partial charge < -0.3 is 145 Å². The molecule has 0 aromatic heterocycles. The molecule has 70 heavy (non-hydrogen) atoms. The minimum atomic E-state index is -2.93. The summed E-state index contributed by atoms with van der Waals surface area (Å²) in [6, 6.07) is -3.41. The molecule has 0 aliphatic carbocycles. The number of aliphatic hydroxyl groups is 15. The lowest BCUT2D eigenvalue weighted by atomic mass is 9.91. The smallest absolute Gasteiger partial charge is 0.332 e. The Labute approximate surface area is 396 Å². The number of nitrogens with one attached hydrogen (secondary N) is 2. The lowest BCUT2D eigenvalue weighted by Gasteiger charge is -2.52. The van der Waals surface area contributed by atoms with Crippen LogP contribution in [0.2, 0.25) is 0 Å². The van der Waals surface area contributed by atoms with E-state index >= 15 is 0 Å². The van der Waals surface area contributed by atoms with Crippen molar-refractivity contribution in [3.8, 4) is 0 Å². The Morgan fingerprint density at radius 1 is 0.629 bits per heavy atom. The lowest BCUT2D eigenvalue weighted by molar-refractivity contribution is -0.445. The first-order chi connectivity index (χ1) is 33.1. The van der Waals surface area contributed by atoms with E-state index in [2.05, 4.69) is 10.6 Å². The van der Waals surface area contributed by atoms with Crippen LogP contribution < -0.4 is 16.4 Å². The van der Waals surface area contributed by atoms with E-state index in [-0.39, 0.29) is 6.47 Å². The molecule has 406 valence electrons. The molecule has 0 saturated carbocycles. The molecular weight excluding hydrogens is 962 g/mol. The zero-order valence-corrected chi connectivity index (χ0v) is 37.5. The van der Waals surface area contributed by atoms with Crippen molar-refractivity contribution in [2.45, 2.75) is 179 Å².